The van der Waals surface area contributed by atoms with Gasteiger partial charge in [0.25, 0.3) is 0 Å². The van der Waals surface area contributed by atoms with Crippen molar-refractivity contribution in [3.63, 3.8) is 0 Å². The molecule has 0 bridgehead atoms. The number of carbonyl (C=O) groups is 1. The molecular formula is C11H22N2O2. The van der Waals surface area contributed by atoms with E-state index in [1.165, 1.54) is 6.92 Å². The SMILES string of the molecule is CC(=O)C1CC(N)[C@H](C(N)C(C)C)C1O. The summed E-state index contributed by atoms with van der Waals surface area (Å²) >= 11 is 0. The number of hydrogen-bond donors (Lipinski definition) is 3. The molecule has 5 atom stereocenters. The van der Waals surface area contributed by atoms with E-state index in [2.05, 4.69) is 0 Å². The first-order chi connectivity index (χ1) is 6.86. The van der Waals surface area contributed by atoms with E-state index in [-0.39, 0.29) is 35.6 Å². The lowest BCUT2D eigenvalue weighted by molar-refractivity contribution is -0.123. The van der Waals surface area contributed by atoms with Crippen molar-refractivity contribution in [2.75, 3.05) is 0 Å². The zero-order valence-corrected chi connectivity index (χ0v) is 9.68. The Bertz CT molecular complexity index is 243. The third-order valence-corrected chi connectivity index (χ3v) is 3.56. The molecule has 4 nitrogen and oxygen atoms in total. The molecule has 1 fully saturated rings. The van der Waals surface area contributed by atoms with Crippen LogP contribution in [0.2, 0.25) is 0 Å². The van der Waals surface area contributed by atoms with E-state index in [1.807, 2.05) is 13.8 Å². The van der Waals surface area contributed by atoms with Crippen molar-refractivity contribution in [2.45, 2.75) is 45.4 Å². The van der Waals surface area contributed by atoms with E-state index in [9.17, 15) is 9.90 Å². The normalized spacial score (nSPS) is 38.3. The summed E-state index contributed by atoms with van der Waals surface area (Å²) in [5.41, 5.74) is 12.0. The lowest BCUT2D eigenvalue weighted by atomic mass is 9.85. The Labute approximate surface area is 91.0 Å². The summed E-state index contributed by atoms with van der Waals surface area (Å²) in [7, 11) is 0. The Morgan fingerprint density at radius 3 is 2.33 bits per heavy atom. The van der Waals surface area contributed by atoms with Gasteiger partial charge in [-0.05, 0) is 19.3 Å². The fourth-order valence-corrected chi connectivity index (χ4v) is 2.48. The second kappa shape index (κ2) is 4.60. The highest BCUT2D eigenvalue weighted by molar-refractivity contribution is 5.79. The van der Waals surface area contributed by atoms with Crippen LogP contribution in [-0.2, 0) is 4.79 Å². The predicted octanol–water partition coefficient (Wildman–Crippen LogP) is -0.117. The fraction of sp³-hybridized carbons (Fsp3) is 0.909. The van der Waals surface area contributed by atoms with Gasteiger partial charge in [0.15, 0.2) is 0 Å². The molecule has 0 spiro atoms. The summed E-state index contributed by atoms with van der Waals surface area (Å²) in [4.78, 5) is 11.3. The number of Topliss-reactive ketones (excluding diaryl/α,β-unsaturated/α-hetero) is 1. The maximum Gasteiger partial charge on any atom is 0.135 e. The molecule has 4 heteroatoms. The molecule has 0 aromatic carbocycles. The van der Waals surface area contributed by atoms with Gasteiger partial charge in [0.2, 0.25) is 0 Å². The van der Waals surface area contributed by atoms with Gasteiger partial charge in [-0.15, -0.1) is 0 Å². The highest BCUT2D eigenvalue weighted by Crippen LogP contribution is 2.34. The van der Waals surface area contributed by atoms with Crippen molar-refractivity contribution in [2.24, 2.45) is 29.2 Å². The van der Waals surface area contributed by atoms with Crippen LogP contribution in [0.25, 0.3) is 0 Å². The fourth-order valence-electron chi connectivity index (χ4n) is 2.48. The van der Waals surface area contributed by atoms with Crippen LogP contribution in [0.15, 0.2) is 0 Å². The molecule has 1 rings (SSSR count). The number of rotatable bonds is 3. The highest BCUT2D eigenvalue weighted by atomic mass is 16.3. The standard InChI is InChI=1S/C11H22N2O2/c1-5(2)10(13)9-8(12)4-7(6(3)14)11(9)15/h5,7-11,15H,4,12-13H2,1-3H3/t7?,8?,9-,10?,11?/m1/s1. The second-order valence-electron chi connectivity index (χ2n) is 5.01. The van der Waals surface area contributed by atoms with Gasteiger partial charge >= 0.3 is 0 Å². The summed E-state index contributed by atoms with van der Waals surface area (Å²) in [6.45, 7) is 5.51. The molecule has 4 unspecified atom stereocenters. The first-order valence-corrected chi connectivity index (χ1v) is 5.56. The molecule has 0 aromatic heterocycles. The number of carbonyl (C=O) groups excluding carboxylic acids is 1. The Hall–Kier alpha value is -0.450. The van der Waals surface area contributed by atoms with Gasteiger partial charge in [-0.25, -0.2) is 0 Å². The average Bonchev–Trinajstić information content (AvgIpc) is 2.41. The molecule has 0 aromatic rings. The third-order valence-electron chi connectivity index (χ3n) is 3.56. The largest absolute Gasteiger partial charge is 0.392 e. The maximum atomic E-state index is 11.3. The van der Waals surface area contributed by atoms with Crippen LogP contribution in [0.1, 0.15) is 27.2 Å². The molecule has 1 aliphatic rings. The summed E-state index contributed by atoms with van der Waals surface area (Å²) in [5, 5.41) is 10.0. The van der Waals surface area contributed by atoms with E-state index in [1.54, 1.807) is 0 Å². The lowest BCUT2D eigenvalue weighted by Crippen LogP contribution is -2.47. The number of hydrogen-bond acceptors (Lipinski definition) is 4. The summed E-state index contributed by atoms with van der Waals surface area (Å²) in [6.07, 6.45) is -0.114. The average molecular weight is 214 g/mol. The molecule has 0 amide bonds. The molecule has 15 heavy (non-hydrogen) atoms. The Morgan fingerprint density at radius 2 is 2.00 bits per heavy atom. The van der Waals surface area contributed by atoms with Gasteiger partial charge in [-0.2, -0.15) is 0 Å². The lowest BCUT2D eigenvalue weighted by Gasteiger charge is -2.29. The predicted molar refractivity (Wildman–Crippen MR) is 59.1 cm³/mol. The summed E-state index contributed by atoms with van der Waals surface area (Å²) in [5.74, 6) is -0.202. The van der Waals surface area contributed by atoms with Crippen molar-refractivity contribution in [3.05, 3.63) is 0 Å². The number of aliphatic hydroxyl groups excluding tert-OH is 1. The molecule has 0 radical (unpaired) electrons. The van der Waals surface area contributed by atoms with Crippen molar-refractivity contribution in [3.8, 4) is 0 Å². The smallest absolute Gasteiger partial charge is 0.135 e. The Kier molecular flexibility index (Phi) is 3.87. The van der Waals surface area contributed by atoms with Crippen molar-refractivity contribution in [1.82, 2.24) is 0 Å². The quantitative estimate of drug-likeness (QED) is 0.611. The van der Waals surface area contributed by atoms with Gasteiger partial charge in [-0.3, -0.25) is 4.79 Å². The van der Waals surface area contributed by atoms with E-state index >= 15 is 0 Å². The van der Waals surface area contributed by atoms with E-state index in [0.29, 0.717) is 6.42 Å². The highest BCUT2D eigenvalue weighted by Gasteiger charge is 2.45. The van der Waals surface area contributed by atoms with Crippen molar-refractivity contribution in [1.29, 1.82) is 0 Å². The molecule has 0 aliphatic heterocycles. The second-order valence-corrected chi connectivity index (χ2v) is 5.01. The molecule has 88 valence electrons. The Balaban J connectivity index is 2.78. The number of aliphatic hydroxyl groups is 1. The molecule has 1 saturated carbocycles. The van der Waals surface area contributed by atoms with Crippen LogP contribution in [0.3, 0.4) is 0 Å². The third kappa shape index (κ3) is 2.38. The minimum absolute atomic E-state index is 0.0106. The van der Waals surface area contributed by atoms with E-state index in [4.69, 9.17) is 11.5 Å². The van der Waals surface area contributed by atoms with Crippen LogP contribution >= 0.6 is 0 Å². The summed E-state index contributed by atoms with van der Waals surface area (Å²) in [6, 6.07) is -0.300. The van der Waals surface area contributed by atoms with E-state index in [0.717, 1.165) is 0 Å². The molecule has 1 aliphatic carbocycles. The summed E-state index contributed by atoms with van der Waals surface area (Å²) < 4.78 is 0. The van der Waals surface area contributed by atoms with Crippen LogP contribution < -0.4 is 11.5 Å². The van der Waals surface area contributed by atoms with Crippen LogP contribution in [-0.4, -0.2) is 29.1 Å². The zero-order valence-electron chi connectivity index (χ0n) is 9.68. The monoisotopic (exact) mass is 214 g/mol. The molecule has 0 saturated heterocycles. The van der Waals surface area contributed by atoms with Gasteiger partial charge < -0.3 is 16.6 Å². The first-order valence-electron chi connectivity index (χ1n) is 5.56. The topological polar surface area (TPSA) is 89.3 Å². The number of ketones is 1. The molecule has 0 heterocycles. The minimum Gasteiger partial charge on any atom is -0.392 e. The van der Waals surface area contributed by atoms with Gasteiger partial charge in [0.1, 0.15) is 5.78 Å². The zero-order chi connectivity index (χ0) is 11.7. The van der Waals surface area contributed by atoms with Gasteiger partial charge in [0, 0.05) is 23.9 Å². The first kappa shape index (κ1) is 12.6. The Morgan fingerprint density at radius 1 is 1.47 bits per heavy atom. The molecular weight excluding hydrogens is 192 g/mol. The van der Waals surface area contributed by atoms with Gasteiger partial charge in [-0.1, -0.05) is 13.8 Å². The van der Waals surface area contributed by atoms with Crippen LogP contribution in [0, 0.1) is 17.8 Å². The van der Waals surface area contributed by atoms with Crippen LogP contribution in [0.4, 0.5) is 0 Å². The molecule has 5 N–H and O–H groups in total. The van der Waals surface area contributed by atoms with E-state index < -0.39 is 6.10 Å². The minimum atomic E-state index is -0.671. The van der Waals surface area contributed by atoms with Crippen molar-refractivity contribution >= 4 is 5.78 Å². The van der Waals surface area contributed by atoms with Crippen molar-refractivity contribution < 1.29 is 9.90 Å². The van der Waals surface area contributed by atoms with Gasteiger partial charge in [0.05, 0.1) is 6.10 Å². The number of nitrogens with two attached hydrogens (primary N) is 2. The maximum absolute atomic E-state index is 11.3. The van der Waals surface area contributed by atoms with Crippen LogP contribution in [0.5, 0.6) is 0 Å².